The van der Waals surface area contributed by atoms with Crippen LogP contribution in [0.2, 0.25) is 0 Å². The Bertz CT molecular complexity index is 1070. The molecule has 1 fully saturated rings. The van der Waals surface area contributed by atoms with Crippen LogP contribution in [-0.2, 0) is 11.3 Å². The van der Waals surface area contributed by atoms with Gasteiger partial charge in [0, 0.05) is 24.1 Å². The van der Waals surface area contributed by atoms with Crippen LogP contribution in [-0.4, -0.2) is 51.4 Å². The highest BCUT2D eigenvalue weighted by Crippen LogP contribution is 2.30. The lowest BCUT2D eigenvalue weighted by Crippen LogP contribution is -2.54. The zero-order chi connectivity index (χ0) is 22.7. The number of alkyl halides is 3. The van der Waals surface area contributed by atoms with Crippen LogP contribution in [0.25, 0.3) is 11.5 Å². The maximum atomic E-state index is 12.9. The number of aromatic nitrogens is 2. The first-order chi connectivity index (χ1) is 15.3. The quantitative estimate of drug-likeness (QED) is 0.624. The number of nitrogens with zero attached hydrogens (tertiary/aromatic N) is 3. The number of aromatic hydroxyl groups is 1. The minimum absolute atomic E-state index is 0.0634. The van der Waals surface area contributed by atoms with Crippen LogP contribution < -0.4 is 5.32 Å². The second-order valence-electron chi connectivity index (χ2n) is 7.67. The van der Waals surface area contributed by atoms with E-state index in [0.717, 1.165) is 5.56 Å². The summed E-state index contributed by atoms with van der Waals surface area (Å²) >= 11 is 0. The van der Waals surface area contributed by atoms with Gasteiger partial charge in [0.05, 0.1) is 6.54 Å². The SMILES string of the molecule is O=C(N[C@@H]1CN(Cc2nnc(-c3cccc(O)c3)o2)CC[C@@H]1c1ccccc1)C(F)(F)F. The first kappa shape index (κ1) is 21.8. The van der Waals surface area contributed by atoms with Crippen LogP contribution >= 0.6 is 0 Å². The van der Waals surface area contributed by atoms with Crippen molar-refractivity contribution < 1.29 is 27.5 Å². The van der Waals surface area contributed by atoms with Crippen LogP contribution in [0, 0.1) is 0 Å². The number of piperidine rings is 1. The van der Waals surface area contributed by atoms with Gasteiger partial charge in [0.1, 0.15) is 5.75 Å². The molecule has 0 saturated carbocycles. The van der Waals surface area contributed by atoms with Gasteiger partial charge in [-0.15, -0.1) is 10.2 Å². The van der Waals surface area contributed by atoms with Crippen molar-refractivity contribution in [2.24, 2.45) is 0 Å². The van der Waals surface area contributed by atoms with E-state index in [1.54, 1.807) is 12.1 Å². The highest BCUT2D eigenvalue weighted by molar-refractivity contribution is 5.82. The molecule has 0 aliphatic carbocycles. The molecule has 0 spiro atoms. The summed E-state index contributed by atoms with van der Waals surface area (Å²) in [6.07, 6.45) is -4.40. The second-order valence-corrected chi connectivity index (χ2v) is 7.67. The summed E-state index contributed by atoms with van der Waals surface area (Å²) in [5, 5.41) is 19.8. The lowest BCUT2D eigenvalue weighted by atomic mass is 9.85. The van der Waals surface area contributed by atoms with Gasteiger partial charge in [-0.3, -0.25) is 9.69 Å². The number of nitrogens with one attached hydrogen (secondary N) is 1. The summed E-state index contributed by atoms with van der Waals surface area (Å²) < 4.78 is 44.3. The first-order valence-corrected chi connectivity index (χ1v) is 10.1. The lowest BCUT2D eigenvalue weighted by molar-refractivity contribution is -0.174. The highest BCUT2D eigenvalue weighted by Gasteiger charge is 2.42. The van der Waals surface area contributed by atoms with Gasteiger partial charge in [0.2, 0.25) is 11.8 Å². The number of phenolic OH excluding ortho intramolecular Hbond substituents is 1. The number of hydrogen-bond donors (Lipinski definition) is 2. The predicted molar refractivity (Wildman–Crippen MR) is 108 cm³/mol. The predicted octanol–water partition coefficient (Wildman–Crippen LogP) is 3.48. The molecule has 2 heterocycles. The van der Waals surface area contributed by atoms with Gasteiger partial charge in [-0.25, -0.2) is 0 Å². The van der Waals surface area contributed by atoms with E-state index < -0.39 is 18.1 Å². The van der Waals surface area contributed by atoms with Crippen molar-refractivity contribution in [1.82, 2.24) is 20.4 Å². The smallest absolute Gasteiger partial charge is 0.471 e. The van der Waals surface area contributed by atoms with Gasteiger partial charge in [0.25, 0.3) is 0 Å². The summed E-state index contributed by atoms with van der Waals surface area (Å²) in [7, 11) is 0. The molecule has 2 aromatic carbocycles. The fourth-order valence-electron chi connectivity index (χ4n) is 3.92. The molecule has 2 atom stereocenters. The van der Waals surface area contributed by atoms with Crippen molar-refractivity contribution in [2.75, 3.05) is 13.1 Å². The number of carbonyl (C=O) groups excluding carboxylic acids is 1. The van der Waals surface area contributed by atoms with Gasteiger partial charge >= 0.3 is 12.1 Å². The summed E-state index contributed by atoms with van der Waals surface area (Å²) in [5.74, 6) is -1.61. The summed E-state index contributed by atoms with van der Waals surface area (Å²) in [6, 6.07) is 14.8. The molecular formula is C22H21F3N4O3. The van der Waals surface area contributed by atoms with E-state index in [0.29, 0.717) is 24.4 Å². The number of carbonyl (C=O) groups is 1. The third kappa shape index (κ3) is 5.08. The molecule has 1 aromatic heterocycles. The van der Waals surface area contributed by atoms with Crippen molar-refractivity contribution >= 4 is 5.91 Å². The summed E-state index contributed by atoms with van der Waals surface area (Å²) in [6.45, 7) is 1.01. The van der Waals surface area contributed by atoms with Gasteiger partial charge in [-0.1, -0.05) is 36.4 Å². The standard InChI is InChI=1S/C22H21F3N4O3/c23-22(24,25)21(31)26-18-12-29(10-9-17(18)14-5-2-1-3-6-14)13-19-27-28-20(32-19)15-7-4-8-16(30)11-15/h1-8,11,17-18,30H,9-10,12-13H2,(H,26,31)/t17-,18-/m1/s1. The Labute approximate surface area is 181 Å². The van der Waals surface area contributed by atoms with E-state index >= 15 is 0 Å². The van der Waals surface area contributed by atoms with E-state index in [1.165, 1.54) is 12.1 Å². The fourth-order valence-corrected chi connectivity index (χ4v) is 3.92. The monoisotopic (exact) mass is 446 g/mol. The average molecular weight is 446 g/mol. The van der Waals surface area contributed by atoms with Crippen molar-refractivity contribution in [1.29, 1.82) is 0 Å². The molecule has 10 heteroatoms. The average Bonchev–Trinajstić information content (AvgIpc) is 3.22. The minimum atomic E-state index is -4.95. The van der Waals surface area contributed by atoms with Crippen molar-refractivity contribution in [3.8, 4) is 17.2 Å². The van der Waals surface area contributed by atoms with Crippen LogP contribution in [0.3, 0.4) is 0 Å². The number of hydrogen-bond acceptors (Lipinski definition) is 6. The van der Waals surface area contributed by atoms with Crippen molar-refractivity contribution in [3.63, 3.8) is 0 Å². The number of amides is 1. The Kier molecular flexibility index (Phi) is 6.13. The Morgan fingerprint density at radius 2 is 1.94 bits per heavy atom. The third-order valence-electron chi connectivity index (χ3n) is 5.42. The molecule has 0 radical (unpaired) electrons. The van der Waals surface area contributed by atoms with Crippen LogP contribution in [0.1, 0.15) is 23.8 Å². The molecule has 32 heavy (non-hydrogen) atoms. The molecule has 1 saturated heterocycles. The lowest BCUT2D eigenvalue weighted by Gasteiger charge is -2.38. The number of rotatable bonds is 5. The minimum Gasteiger partial charge on any atom is -0.508 e. The maximum Gasteiger partial charge on any atom is 0.471 e. The Morgan fingerprint density at radius 3 is 2.66 bits per heavy atom. The molecule has 0 unspecified atom stereocenters. The molecule has 0 bridgehead atoms. The summed E-state index contributed by atoms with van der Waals surface area (Å²) in [5.41, 5.74) is 1.44. The molecule has 1 aliphatic rings. The van der Waals surface area contributed by atoms with Crippen molar-refractivity contribution in [3.05, 3.63) is 66.1 Å². The number of benzene rings is 2. The van der Waals surface area contributed by atoms with Crippen LogP contribution in [0.4, 0.5) is 13.2 Å². The molecule has 168 valence electrons. The zero-order valence-electron chi connectivity index (χ0n) is 16.9. The number of halogens is 3. The van der Waals surface area contributed by atoms with E-state index in [1.807, 2.05) is 35.2 Å². The number of phenols is 1. The van der Waals surface area contributed by atoms with Crippen molar-refractivity contribution in [2.45, 2.75) is 31.1 Å². The van der Waals surface area contributed by atoms with Gasteiger partial charge < -0.3 is 14.8 Å². The van der Waals surface area contributed by atoms with Gasteiger partial charge in [0.15, 0.2) is 0 Å². The van der Waals surface area contributed by atoms with E-state index in [2.05, 4.69) is 15.5 Å². The first-order valence-electron chi connectivity index (χ1n) is 10.1. The second kappa shape index (κ2) is 8.99. The molecule has 1 aliphatic heterocycles. The molecular weight excluding hydrogens is 425 g/mol. The molecule has 3 aromatic rings. The van der Waals surface area contributed by atoms with Gasteiger partial charge in [-0.2, -0.15) is 13.2 Å². The Hall–Kier alpha value is -3.40. The van der Waals surface area contributed by atoms with E-state index in [4.69, 9.17) is 4.42 Å². The van der Waals surface area contributed by atoms with Crippen LogP contribution in [0.5, 0.6) is 5.75 Å². The third-order valence-corrected chi connectivity index (χ3v) is 5.42. The maximum absolute atomic E-state index is 12.9. The molecule has 7 nitrogen and oxygen atoms in total. The Morgan fingerprint density at radius 1 is 1.16 bits per heavy atom. The Balaban J connectivity index is 1.48. The number of likely N-dealkylation sites (tertiary alicyclic amines) is 1. The highest BCUT2D eigenvalue weighted by atomic mass is 19.4. The summed E-state index contributed by atoms with van der Waals surface area (Å²) in [4.78, 5) is 13.5. The zero-order valence-corrected chi connectivity index (χ0v) is 16.9. The van der Waals surface area contributed by atoms with Crippen LogP contribution in [0.15, 0.2) is 59.0 Å². The van der Waals surface area contributed by atoms with E-state index in [-0.39, 0.29) is 30.6 Å². The normalized spacial score (nSPS) is 19.6. The largest absolute Gasteiger partial charge is 0.508 e. The fraction of sp³-hybridized carbons (Fsp3) is 0.318. The van der Waals surface area contributed by atoms with Gasteiger partial charge in [-0.05, 0) is 36.7 Å². The van der Waals surface area contributed by atoms with E-state index in [9.17, 15) is 23.1 Å². The molecule has 4 rings (SSSR count). The molecule has 1 amide bonds. The molecule has 2 N–H and O–H groups in total. The topological polar surface area (TPSA) is 91.5 Å².